The van der Waals surface area contributed by atoms with Crippen LogP contribution in [0.5, 0.6) is 0 Å². The lowest BCUT2D eigenvalue weighted by molar-refractivity contribution is 0.688. The van der Waals surface area contributed by atoms with Crippen molar-refractivity contribution in [2.45, 2.75) is 25.2 Å². The van der Waals surface area contributed by atoms with Crippen molar-refractivity contribution < 1.29 is 0 Å². The van der Waals surface area contributed by atoms with Crippen molar-refractivity contribution in [1.82, 2.24) is 9.97 Å². The highest BCUT2D eigenvalue weighted by atomic mass is 14.8. The molecule has 2 heteroatoms. The molecule has 1 aromatic heterocycles. The number of rotatable bonds is 2. The monoisotopic (exact) mass is 160 g/mol. The highest BCUT2D eigenvalue weighted by molar-refractivity contribution is 5.21. The van der Waals surface area contributed by atoms with E-state index in [1.54, 1.807) is 6.33 Å². The van der Waals surface area contributed by atoms with E-state index in [1.165, 1.54) is 24.8 Å². The molecule has 3 rings (SSSR count). The van der Waals surface area contributed by atoms with E-state index in [9.17, 15) is 0 Å². The second-order valence-electron chi connectivity index (χ2n) is 4.02. The predicted molar refractivity (Wildman–Crippen MR) is 45.6 cm³/mol. The van der Waals surface area contributed by atoms with Gasteiger partial charge in [0.2, 0.25) is 0 Å². The van der Waals surface area contributed by atoms with E-state index in [1.807, 2.05) is 12.4 Å². The average Bonchev–Trinajstić information content (AvgIpc) is 2.99. The van der Waals surface area contributed by atoms with Gasteiger partial charge in [0.05, 0.1) is 0 Å². The van der Waals surface area contributed by atoms with Gasteiger partial charge in [0, 0.05) is 12.4 Å². The largest absolute Gasteiger partial charge is 0.245 e. The smallest absolute Gasteiger partial charge is 0.115 e. The van der Waals surface area contributed by atoms with E-state index in [0.29, 0.717) is 0 Å². The SMILES string of the molecule is c1ncc(C2CC2C2CC2)cn1. The lowest BCUT2D eigenvalue weighted by Crippen LogP contribution is -1.87. The van der Waals surface area contributed by atoms with Gasteiger partial charge in [-0.2, -0.15) is 0 Å². The Morgan fingerprint density at radius 3 is 2.58 bits per heavy atom. The number of hydrogen-bond donors (Lipinski definition) is 0. The summed E-state index contributed by atoms with van der Waals surface area (Å²) in [6.45, 7) is 0. The Morgan fingerprint density at radius 1 is 1.17 bits per heavy atom. The Labute approximate surface area is 72.0 Å². The third-order valence-corrected chi connectivity index (χ3v) is 3.08. The van der Waals surface area contributed by atoms with Gasteiger partial charge in [0.15, 0.2) is 0 Å². The van der Waals surface area contributed by atoms with Crippen LogP contribution in [0, 0.1) is 11.8 Å². The minimum absolute atomic E-state index is 0.804. The van der Waals surface area contributed by atoms with Crippen molar-refractivity contribution in [1.29, 1.82) is 0 Å². The van der Waals surface area contributed by atoms with Crippen molar-refractivity contribution in [3.05, 3.63) is 24.3 Å². The van der Waals surface area contributed by atoms with Gasteiger partial charge in [-0.3, -0.25) is 0 Å². The van der Waals surface area contributed by atoms with Gasteiger partial charge in [0.25, 0.3) is 0 Å². The van der Waals surface area contributed by atoms with E-state index in [2.05, 4.69) is 9.97 Å². The van der Waals surface area contributed by atoms with Crippen LogP contribution in [0.3, 0.4) is 0 Å². The summed E-state index contributed by atoms with van der Waals surface area (Å²) >= 11 is 0. The molecule has 2 nitrogen and oxygen atoms in total. The molecule has 1 aromatic rings. The van der Waals surface area contributed by atoms with Crippen LogP contribution in [-0.4, -0.2) is 9.97 Å². The fourth-order valence-electron chi connectivity index (χ4n) is 2.15. The van der Waals surface area contributed by atoms with Gasteiger partial charge < -0.3 is 0 Å². The maximum absolute atomic E-state index is 4.05. The molecule has 0 aromatic carbocycles. The number of aromatic nitrogens is 2. The van der Waals surface area contributed by atoms with Crippen molar-refractivity contribution in [2.24, 2.45) is 11.8 Å². The summed E-state index contributed by atoms with van der Waals surface area (Å²) in [6.07, 6.45) is 9.87. The van der Waals surface area contributed by atoms with E-state index in [4.69, 9.17) is 0 Å². The van der Waals surface area contributed by atoms with Crippen LogP contribution in [-0.2, 0) is 0 Å². The van der Waals surface area contributed by atoms with Crippen LogP contribution in [0.4, 0.5) is 0 Å². The van der Waals surface area contributed by atoms with E-state index in [-0.39, 0.29) is 0 Å². The Kier molecular flexibility index (Phi) is 1.25. The molecule has 2 aliphatic carbocycles. The van der Waals surface area contributed by atoms with Crippen molar-refractivity contribution in [3.63, 3.8) is 0 Å². The fraction of sp³-hybridized carbons (Fsp3) is 0.600. The van der Waals surface area contributed by atoms with Gasteiger partial charge in [-0.05, 0) is 42.6 Å². The molecule has 0 N–H and O–H groups in total. The molecule has 2 unspecified atom stereocenters. The summed E-state index contributed by atoms with van der Waals surface area (Å²) in [5.74, 6) is 2.84. The first-order chi connectivity index (χ1) is 5.95. The normalized spacial score (nSPS) is 33.3. The summed E-state index contributed by atoms with van der Waals surface area (Å²) in [4.78, 5) is 8.10. The first-order valence-corrected chi connectivity index (χ1v) is 4.70. The molecule has 0 amide bonds. The van der Waals surface area contributed by atoms with Gasteiger partial charge in [0.1, 0.15) is 6.33 Å². The van der Waals surface area contributed by atoms with E-state index >= 15 is 0 Å². The molecule has 0 saturated heterocycles. The van der Waals surface area contributed by atoms with Gasteiger partial charge in [-0.25, -0.2) is 9.97 Å². The molecule has 2 fully saturated rings. The minimum Gasteiger partial charge on any atom is -0.245 e. The molecule has 0 radical (unpaired) electrons. The molecule has 2 aliphatic rings. The van der Waals surface area contributed by atoms with Crippen LogP contribution in [0.25, 0.3) is 0 Å². The molecule has 62 valence electrons. The van der Waals surface area contributed by atoms with Gasteiger partial charge >= 0.3 is 0 Å². The average molecular weight is 160 g/mol. The molecule has 2 saturated carbocycles. The summed E-state index contributed by atoms with van der Waals surface area (Å²) < 4.78 is 0. The maximum Gasteiger partial charge on any atom is 0.115 e. The van der Waals surface area contributed by atoms with Crippen molar-refractivity contribution in [2.75, 3.05) is 0 Å². The Balaban J connectivity index is 1.76. The highest BCUT2D eigenvalue weighted by Crippen LogP contribution is 2.58. The number of hydrogen-bond acceptors (Lipinski definition) is 2. The van der Waals surface area contributed by atoms with Crippen LogP contribution < -0.4 is 0 Å². The first kappa shape index (κ1) is 6.58. The molecule has 12 heavy (non-hydrogen) atoms. The lowest BCUT2D eigenvalue weighted by atomic mass is 10.1. The zero-order chi connectivity index (χ0) is 7.97. The quantitative estimate of drug-likeness (QED) is 0.661. The van der Waals surface area contributed by atoms with Crippen LogP contribution in [0.2, 0.25) is 0 Å². The third-order valence-electron chi connectivity index (χ3n) is 3.08. The molecule has 0 spiro atoms. The summed E-state index contributed by atoms with van der Waals surface area (Å²) in [7, 11) is 0. The topological polar surface area (TPSA) is 25.8 Å². The molecule has 2 atom stereocenters. The first-order valence-electron chi connectivity index (χ1n) is 4.70. The lowest BCUT2D eigenvalue weighted by Gasteiger charge is -1.95. The standard InChI is InChI=1S/C10H12N2/c1-2-7(1)9-3-10(9)8-4-11-6-12-5-8/h4-7,9-10H,1-3H2. The maximum atomic E-state index is 4.05. The van der Waals surface area contributed by atoms with Crippen LogP contribution in [0.1, 0.15) is 30.7 Å². The molecular weight excluding hydrogens is 148 g/mol. The molecular formula is C10H12N2. The van der Waals surface area contributed by atoms with Gasteiger partial charge in [-0.1, -0.05) is 0 Å². The molecule has 0 aliphatic heterocycles. The summed E-state index contributed by atoms with van der Waals surface area (Å²) in [6, 6.07) is 0. The van der Waals surface area contributed by atoms with Crippen LogP contribution in [0.15, 0.2) is 18.7 Å². The third kappa shape index (κ3) is 1.02. The Hall–Kier alpha value is -0.920. The van der Waals surface area contributed by atoms with E-state index < -0.39 is 0 Å². The van der Waals surface area contributed by atoms with E-state index in [0.717, 1.165) is 17.8 Å². The highest BCUT2D eigenvalue weighted by Gasteiger charge is 2.48. The minimum atomic E-state index is 0.804. The van der Waals surface area contributed by atoms with Gasteiger partial charge in [-0.15, -0.1) is 0 Å². The zero-order valence-electron chi connectivity index (χ0n) is 6.98. The zero-order valence-corrected chi connectivity index (χ0v) is 6.98. The molecule has 1 heterocycles. The number of nitrogens with zero attached hydrogens (tertiary/aromatic N) is 2. The second kappa shape index (κ2) is 2.28. The van der Waals surface area contributed by atoms with Crippen LogP contribution >= 0.6 is 0 Å². The summed E-state index contributed by atoms with van der Waals surface area (Å²) in [5, 5.41) is 0. The molecule has 0 bridgehead atoms. The summed E-state index contributed by atoms with van der Waals surface area (Å²) in [5.41, 5.74) is 1.36. The second-order valence-corrected chi connectivity index (χ2v) is 4.02. The predicted octanol–water partition coefficient (Wildman–Crippen LogP) is 1.99. The fourth-order valence-corrected chi connectivity index (χ4v) is 2.15. The Morgan fingerprint density at radius 2 is 1.92 bits per heavy atom. The van der Waals surface area contributed by atoms with Crippen molar-refractivity contribution in [3.8, 4) is 0 Å². The Bertz CT molecular complexity index is 279. The van der Waals surface area contributed by atoms with Crippen molar-refractivity contribution >= 4 is 0 Å².